The van der Waals surface area contributed by atoms with E-state index in [1.165, 1.54) is 0 Å². The van der Waals surface area contributed by atoms with Crippen LogP contribution < -0.4 is 0 Å². The Labute approximate surface area is 71.5 Å². The number of hydrogen-bond donors (Lipinski definition) is 0. The second kappa shape index (κ2) is 2.71. The second-order valence-corrected chi connectivity index (χ2v) is 2.40. The molecule has 0 unspecified atom stereocenters. The fourth-order valence-corrected chi connectivity index (χ4v) is 0.744. The Balaban J connectivity index is 3.46. The van der Waals surface area contributed by atoms with Crippen molar-refractivity contribution in [3.63, 3.8) is 0 Å². The zero-order valence-electron chi connectivity index (χ0n) is 6.02. The molecule has 1 rings (SSSR count). The highest BCUT2D eigenvalue weighted by Gasteiger charge is 2.60. The van der Waals surface area contributed by atoms with Gasteiger partial charge in [0.2, 0.25) is 23.3 Å². The van der Waals surface area contributed by atoms with E-state index < -0.39 is 35.2 Å². The molecule has 0 aromatic carbocycles. The van der Waals surface area contributed by atoms with Crippen LogP contribution in [0, 0.1) is 0 Å². The van der Waals surface area contributed by atoms with Crippen LogP contribution in [0.25, 0.3) is 0 Å². The van der Waals surface area contributed by atoms with E-state index in [0.29, 0.717) is 0 Å². The van der Waals surface area contributed by atoms with Gasteiger partial charge in [0.25, 0.3) is 0 Å². The SMILES string of the molecule is FC1=C(F)C(F)(F)C(F)=C(F)C1(F)F. The van der Waals surface area contributed by atoms with E-state index >= 15 is 0 Å². The van der Waals surface area contributed by atoms with E-state index in [2.05, 4.69) is 0 Å². The van der Waals surface area contributed by atoms with Crippen LogP contribution >= 0.6 is 0 Å². The van der Waals surface area contributed by atoms with E-state index in [1.54, 1.807) is 0 Å². The monoisotopic (exact) mass is 224 g/mol. The average Bonchev–Trinajstić information content (AvgIpc) is 2.11. The highest BCUT2D eigenvalue weighted by Crippen LogP contribution is 2.50. The zero-order chi connectivity index (χ0) is 11.3. The lowest BCUT2D eigenvalue weighted by Gasteiger charge is -2.23. The molecule has 0 saturated carbocycles. The van der Waals surface area contributed by atoms with E-state index in [0.717, 1.165) is 0 Å². The lowest BCUT2D eigenvalue weighted by molar-refractivity contribution is -0.0343. The fraction of sp³-hybridized carbons (Fsp3) is 0.333. The van der Waals surface area contributed by atoms with Gasteiger partial charge in [0, 0.05) is 0 Å². The number of rotatable bonds is 0. The molecule has 0 bridgehead atoms. The summed E-state index contributed by atoms with van der Waals surface area (Å²) in [4.78, 5) is 0. The highest BCUT2D eigenvalue weighted by molar-refractivity contribution is 5.38. The minimum atomic E-state index is -5.31. The summed E-state index contributed by atoms with van der Waals surface area (Å²) in [6.07, 6.45) is 0. The molecule has 0 aliphatic heterocycles. The van der Waals surface area contributed by atoms with E-state index in [4.69, 9.17) is 0 Å². The van der Waals surface area contributed by atoms with Crippen LogP contribution in [0.15, 0.2) is 23.3 Å². The Morgan fingerprint density at radius 2 is 0.643 bits per heavy atom. The lowest BCUT2D eigenvalue weighted by atomic mass is 10.0. The van der Waals surface area contributed by atoms with Crippen molar-refractivity contribution in [3.8, 4) is 0 Å². The Hall–Kier alpha value is -1.08. The zero-order valence-corrected chi connectivity index (χ0v) is 6.02. The van der Waals surface area contributed by atoms with Crippen molar-refractivity contribution in [1.82, 2.24) is 0 Å². The minimum Gasteiger partial charge on any atom is -0.201 e. The molecule has 1 aliphatic rings. The van der Waals surface area contributed by atoms with Crippen molar-refractivity contribution in [3.05, 3.63) is 23.3 Å². The summed E-state index contributed by atoms with van der Waals surface area (Å²) in [6.45, 7) is 0. The van der Waals surface area contributed by atoms with Crippen LogP contribution in [0.2, 0.25) is 0 Å². The Morgan fingerprint density at radius 1 is 0.500 bits per heavy atom. The maximum atomic E-state index is 12.2. The van der Waals surface area contributed by atoms with Gasteiger partial charge < -0.3 is 0 Å². The first-order chi connectivity index (χ1) is 6.13. The van der Waals surface area contributed by atoms with Gasteiger partial charge >= 0.3 is 11.8 Å². The Morgan fingerprint density at radius 3 is 0.786 bits per heavy atom. The topological polar surface area (TPSA) is 0 Å². The third-order valence-corrected chi connectivity index (χ3v) is 1.49. The molecule has 0 aromatic heterocycles. The molecule has 0 saturated heterocycles. The molecule has 14 heavy (non-hydrogen) atoms. The first kappa shape index (κ1) is 11.0. The van der Waals surface area contributed by atoms with Crippen molar-refractivity contribution in [2.75, 3.05) is 0 Å². The Kier molecular flexibility index (Phi) is 2.13. The molecule has 80 valence electrons. The predicted molar refractivity (Wildman–Crippen MR) is 28.4 cm³/mol. The summed E-state index contributed by atoms with van der Waals surface area (Å²) in [7, 11) is 0. The molecule has 1 aliphatic carbocycles. The molecule has 0 heterocycles. The minimum absolute atomic E-state index is 3.32. The lowest BCUT2D eigenvalue weighted by Crippen LogP contribution is -2.34. The molecular weight excluding hydrogens is 224 g/mol. The van der Waals surface area contributed by atoms with Crippen molar-refractivity contribution in [2.24, 2.45) is 0 Å². The summed E-state index contributed by atoms with van der Waals surface area (Å²) in [5.41, 5.74) is 0. The summed E-state index contributed by atoms with van der Waals surface area (Å²) >= 11 is 0. The van der Waals surface area contributed by atoms with Gasteiger partial charge in [0.1, 0.15) is 0 Å². The van der Waals surface area contributed by atoms with Crippen molar-refractivity contribution < 1.29 is 35.1 Å². The molecule has 0 spiro atoms. The third kappa shape index (κ3) is 1.12. The molecule has 0 amide bonds. The first-order valence-electron chi connectivity index (χ1n) is 3.01. The third-order valence-electron chi connectivity index (χ3n) is 1.49. The second-order valence-electron chi connectivity index (χ2n) is 2.40. The smallest absolute Gasteiger partial charge is 0.201 e. The van der Waals surface area contributed by atoms with Gasteiger partial charge in [-0.1, -0.05) is 0 Å². The van der Waals surface area contributed by atoms with Crippen LogP contribution in [0.5, 0.6) is 0 Å². The molecule has 0 radical (unpaired) electrons. The van der Waals surface area contributed by atoms with Crippen LogP contribution in [-0.2, 0) is 0 Å². The number of allylic oxidation sites excluding steroid dienone is 4. The van der Waals surface area contributed by atoms with E-state index in [1.807, 2.05) is 0 Å². The highest BCUT2D eigenvalue weighted by atomic mass is 19.3. The molecular formula is C6F8. The van der Waals surface area contributed by atoms with Crippen LogP contribution in [0.1, 0.15) is 0 Å². The summed E-state index contributed by atoms with van der Waals surface area (Å²) in [6, 6.07) is 0. The van der Waals surface area contributed by atoms with Gasteiger partial charge in [0.05, 0.1) is 0 Å². The first-order valence-corrected chi connectivity index (χ1v) is 3.01. The van der Waals surface area contributed by atoms with Crippen LogP contribution in [-0.4, -0.2) is 11.8 Å². The molecule has 0 fully saturated rings. The van der Waals surface area contributed by atoms with Gasteiger partial charge in [-0.25, -0.2) is 17.6 Å². The molecule has 0 N–H and O–H groups in total. The normalized spacial score (nSPS) is 25.7. The van der Waals surface area contributed by atoms with Crippen LogP contribution in [0.4, 0.5) is 35.1 Å². The van der Waals surface area contributed by atoms with Crippen molar-refractivity contribution in [2.45, 2.75) is 11.8 Å². The molecule has 8 heteroatoms. The maximum Gasteiger partial charge on any atom is 0.355 e. The summed E-state index contributed by atoms with van der Waals surface area (Å²) in [5, 5.41) is 0. The standard InChI is InChI=1S/C6F8/c7-1-2(8)6(13,14)4(10)3(9)5(1,11)12. The van der Waals surface area contributed by atoms with Crippen molar-refractivity contribution >= 4 is 0 Å². The largest absolute Gasteiger partial charge is 0.355 e. The number of halogens is 8. The average molecular weight is 224 g/mol. The van der Waals surface area contributed by atoms with Gasteiger partial charge in [-0.05, 0) is 0 Å². The predicted octanol–water partition coefficient (Wildman–Crippen LogP) is 3.57. The number of alkyl halides is 4. The fourth-order valence-electron chi connectivity index (χ4n) is 0.744. The van der Waals surface area contributed by atoms with E-state index in [9.17, 15) is 35.1 Å². The summed E-state index contributed by atoms with van der Waals surface area (Å²) < 4.78 is 97.1. The van der Waals surface area contributed by atoms with Crippen molar-refractivity contribution in [1.29, 1.82) is 0 Å². The van der Waals surface area contributed by atoms with Crippen LogP contribution in [0.3, 0.4) is 0 Å². The maximum absolute atomic E-state index is 12.2. The molecule has 0 atom stereocenters. The van der Waals surface area contributed by atoms with Gasteiger partial charge in [-0.3, -0.25) is 0 Å². The van der Waals surface area contributed by atoms with Gasteiger partial charge in [0.15, 0.2) is 0 Å². The van der Waals surface area contributed by atoms with E-state index in [-0.39, 0.29) is 0 Å². The molecule has 0 aromatic rings. The molecule has 0 nitrogen and oxygen atoms in total. The van der Waals surface area contributed by atoms with Gasteiger partial charge in [-0.15, -0.1) is 0 Å². The summed E-state index contributed by atoms with van der Waals surface area (Å²) in [5.74, 6) is -23.9. The number of hydrogen-bond acceptors (Lipinski definition) is 0. The quantitative estimate of drug-likeness (QED) is 0.551. The Bertz CT molecular complexity index is 274. The van der Waals surface area contributed by atoms with Gasteiger partial charge in [-0.2, -0.15) is 17.6 Å².